The van der Waals surface area contributed by atoms with Gasteiger partial charge in [0, 0.05) is 0 Å². The van der Waals surface area contributed by atoms with Gasteiger partial charge in [0.05, 0.1) is 0 Å². The summed E-state index contributed by atoms with van der Waals surface area (Å²) in [5, 5.41) is 12.1. The van der Waals surface area contributed by atoms with Crippen molar-refractivity contribution < 1.29 is 9.90 Å². The fourth-order valence-corrected chi connectivity index (χ4v) is 2.41. The van der Waals surface area contributed by atoms with Crippen LogP contribution in [0.25, 0.3) is 0 Å². The first kappa shape index (κ1) is 11.1. The van der Waals surface area contributed by atoms with Gasteiger partial charge < -0.3 is 10.4 Å². The van der Waals surface area contributed by atoms with Crippen LogP contribution in [0.1, 0.15) is 17.5 Å². The van der Waals surface area contributed by atoms with Crippen molar-refractivity contribution in [3.8, 4) is 0 Å². The van der Waals surface area contributed by atoms with E-state index in [4.69, 9.17) is 5.11 Å². The quantitative estimate of drug-likeness (QED) is 0.811. The SMILES string of the molecule is Cc1cccc(CC2CCN[C@@H]2C(=O)O)c1. The molecule has 1 aliphatic rings. The Morgan fingerprint density at radius 2 is 2.38 bits per heavy atom. The highest BCUT2D eigenvalue weighted by Crippen LogP contribution is 2.21. The van der Waals surface area contributed by atoms with Gasteiger partial charge in [0.25, 0.3) is 0 Å². The van der Waals surface area contributed by atoms with Gasteiger partial charge in [0.15, 0.2) is 0 Å². The monoisotopic (exact) mass is 219 g/mol. The molecule has 0 aliphatic carbocycles. The van der Waals surface area contributed by atoms with Crippen molar-refractivity contribution in [2.45, 2.75) is 25.8 Å². The molecule has 2 atom stereocenters. The van der Waals surface area contributed by atoms with E-state index >= 15 is 0 Å². The molecule has 3 heteroatoms. The van der Waals surface area contributed by atoms with Crippen molar-refractivity contribution >= 4 is 5.97 Å². The van der Waals surface area contributed by atoms with Gasteiger partial charge in [0.1, 0.15) is 6.04 Å². The summed E-state index contributed by atoms with van der Waals surface area (Å²) in [4.78, 5) is 11.0. The van der Waals surface area contributed by atoms with Crippen LogP contribution >= 0.6 is 0 Å². The molecule has 1 aromatic rings. The molecule has 1 aliphatic heterocycles. The number of carboxylic acid groups (broad SMARTS) is 1. The van der Waals surface area contributed by atoms with Crippen LogP contribution in [0.5, 0.6) is 0 Å². The molecule has 1 aromatic carbocycles. The third-order valence-electron chi connectivity index (χ3n) is 3.20. The summed E-state index contributed by atoms with van der Waals surface area (Å²) in [6, 6.07) is 7.93. The summed E-state index contributed by atoms with van der Waals surface area (Å²) in [5.74, 6) is -0.505. The van der Waals surface area contributed by atoms with Gasteiger partial charge >= 0.3 is 5.97 Å². The standard InChI is InChI=1S/C13H17NO2/c1-9-3-2-4-10(7-9)8-11-5-6-14-12(11)13(15)16/h2-4,7,11-12,14H,5-6,8H2,1H3,(H,15,16)/t11?,12-/m0/s1. The number of aryl methyl sites for hydroxylation is 1. The van der Waals surface area contributed by atoms with E-state index in [0.29, 0.717) is 0 Å². The Kier molecular flexibility index (Phi) is 3.25. The van der Waals surface area contributed by atoms with E-state index in [1.54, 1.807) is 0 Å². The summed E-state index contributed by atoms with van der Waals surface area (Å²) >= 11 is 0. The van der Waals surface area contributed by atoms with Gasteiger partial charge in [-0.1, -0.05) is 29.8 Å². The van der Waals surface area contributed by atoms with Crippen LogP contribution in [0.3, 0.4) is 0 Å². The third-order valence-corrected chi connectivity index (χ3v) is 3.20. The molecule has 0 radical (unpaired) electrons. The summed E-state index contributed by atoms with van der Waals surface area (Å²) in [6.45, 7) is 2.87. The number of carbonyl (C=O) groups is 1. The van der Waals surface area contributed by atoms with Gasteiger partial charge in [0.2, 0.25) is 0 Å². The highest BCUT2D eigenvalue weighted by Gasteiger charge is 2.32. The summed E-state index contributed by atoms with van der Waals surface area (Å²) in [6.07, 6.45) is 1.80. The summed E-state index contributed by atoms with van der Waals surface area (Å²) in [5.41, 5.74) is 2.47. The topological polar surface area (TPSA) is 49.3 Å². The zero-order chi connectivity index (χ0) is 11.5. The van der Waals surface area contributed by atoms with Crippen molar-refractivity contribution in [2.24, 2.45) is 5.92 Å². The predicted molar refractivity (Wildman–Crippen MR) is 62.4 cm³/mol. The molecule has 1 heterocycles. The molecule has 0 spiro atoms. The van der Waals surface area contributed by atoms with Gasteiger partial charge in [-0.25, -0.2) is 0 Å². The van der Waals surface area contributed by atoms with Gasteiger partial charge in [-0.2, -0.15) is 0 Å². The van der Waals surface area contributed by atoms with Gasteiger partial charge in [-0.15, -0.1) is 0 Å². The number of aliphatic carboxylic acids is 1. The lowest BCUT2D eigenvalue weighted by molar-refractivity contribution is -0.140. The Balaban J connectivity index is 2.06. The zero-order valence-electron chi connectivity index (χ0n) is 9.44. The summed E-state index contributed by atoms with van der Waals surface area (Å²) in [7, 11) is 0. The molecule has 0 saturated carbocycles. The van der Waals surface area contributed by atoms with Crippen molar-refractivity contribution in [1.29, 1.82) is 0 Å². The molecule has 86 valence electrons. The van der Waals surface area contributed by atoms with Gasteiger partial charge in [-0.3, -0.25) is 4.79 Å². The van der Waals surface area contributed by atoms with Crippen LogP contribution in [0.4, 0.5) is 0 Å². The molecule has 2 rings (SSSR count). The second-order valence-corrected chi connectivity index (χ2v) is 4.51. The molecule has 1 saturated heterocycles. The fourth-order valence-electron chi connectivity index (χ4n) is 2.41. The van der Waals surface area contributed by atoms with Gasteiger partial charge in [-0.05, 0) is 37.8 Å². The van der Waals surface area contributed by atoms with E-state index < -0.39 is 5.97 Å². The fraction of sp³-hybridized carbons (Fsp3) is 0.462. The number of benzene rings is 1. The van der Waals surface area contributed by atoms with E-state index in [1.807, 2.05) is 6.07 Å². The third kappa shape index (κ3) is 2.42. The Morgan fingerprint density at radius 3 is 3.06 bits per heavy atom. The average molecular weight is 219 g/mol. The first-order valence-corrected chi connectivity index (χ1v) is 5.68. The smallest absolute Gasteiger partial charge is 0.320 e. The first-order valence-electron chi connectivity index (χ1n) is 5.68. The molecular weight excluding hydrogens is 202 g/mol. The Bertz CT molecular complexity index is 389. The van der Waals surface area contributed by atoms with E-state index in [2.05, 4.69) is 30.4 Å². The molecule has 0 amide bonds. The minimum Gasteiger partial charge on any atom is -0.480 e. The predicted octanol–water partition coefficient (Wildman–Crippen LogP) is 1.60. The molecule has 0 bridgehead atoms. The zero-order valence-corrected chi connectivity index (χ0v) is 9.44. The molecular formula is C13H17NO2. The number of nitrogens with one attached hydrogen (secondary N) is 1. The maximum absolute atomic E-state index is 11.0. The van der Waals surface area contributed by atoms with Crippen LogP contribution in [0, 0.1) is 12.8 Å². The highest BCUT2D eigenvalue weighted by molar-refractivity contribution is 5.74. The molecule has 1 fully saturated rings. The van der Waals surface area contributed by atoms with Crippen LogP contribution in [-0.2, 0) is 11.2 Å². The van der Waals surface area contributed by atoms with Crippen LogP contribution in [0.15, 0.2) is 24.3 Å². The van der Waals surface area contributed by atoms with Crippen molar-refractivity contribution in [3.63, 3.8) is 0 Å². The van der Waals surface area contributed by atoms with Crippen LogP contribution in [-0.4, -0.2) is 23.7 Å². The molecule has 3 nitrogen and oxygen atoms in total. The summed E-state index contributed by atoms with van der Waals surface area (Å²) < 4.78 is 0. The van der Waals surface area contributed by atoms with E-state index in [9.17, 15) is 4.79 Å². The molecule has 2 N–H and O–H groups in total. The minimum absolute atomic E-state index is 0.222. The maximum Gasteiger partial charge on any atom is 0.320 e. The maximum atomic E-state index is 11.0. The second kappa shape index (κ2) is 4.66. The van der Waals surface area contributed by atoms with Crippen LogP contribution in [0.2, 0.25) is 0 Å². The Labute approximate surface area is 95.5 Å². The van der Waals surface area contributed by atoms with E-state index in [0.717, 1.165) is 19.4 Å². The minimum atomic E-state index is -0.727. The number of carboxylic acids is 1. The van der Waals surface area contributed by atoms with E-state index in [-0.39, 0.29) is 12.0 Å². The van der Waals surface area contributed by atoms with E-state index in [1.165, 1.54) is 11.1 Å². The Hall–Kier alpha value is -1.35. The van der Waals surface area contributed by atoms with Crippen LogP contribution < -0.4 is 5.32 Å². The number of hydrogen-bond acceptors (Lipinski definition) is 2. The first-order chi connectivity index (χ1) is 7.66. The number of hydrogen-bond donors (Lipinski definition) is 2. The largest absolute Gasteiger partial charge is 0.480 e. The molecule has 16 heavy (non-hydrogen) atoms. The molecule has 1 unspecified atom stereocenters. The van der Waals surface area contributed by atoms with Crippen molar-refractivity contribution in [3.05, 3.63) is 35.4 Å². The second-order valence-electron chi connectivity index (χ2n) is 4.51. The average Bonchev–Trinajstić information content (AvgIpc) is 2.66. The number of rotatable bonds is 3. The van der Waals surface area contributed by atoms with Crippen molar-refractivity contribution in [2.75, 3.05) is 6.54 Å². The highest BCUT2D eigenvalue weighted by atomic mass is 16.4. The Morgan fingerprint density at radius 1 is 1.56 bits per heavy atom. The van der Waals surface area contributed by atoms with Crippen molar-refractivity contribution in [1.82, 2.24) is 5.32 Å². The molecule has 0 aromatic heterocycles. The lowest BCUT2D eigenvalue weighted by Crippen LogP contribution is -2.36. The lowest BCUT2D eigenvalue weighted by Gasteiger charge is -2.15. The normalized spacial score (nSPS) is 24.6. The lowest BCUT2D eigenvalue weighted by atomic mass is 9.92.